The molecule has 1 amide bonds. The molecule has 3 aromatic carbocycles. The van der Waals surface area contributed by atoms with Gasteiger partial charge in [0.25, 0.3) is 5.91 Å². The molecular weight excluding hydrogens is 465 g/mol. The molecule has 0 aliphatic heterocycles. The van der Waals surface area contributed by atoms with Crippen molar-refractivity contribution < 1.29 is 23.5 Å². The first-order valence-electron chi connectivity index (χ1n) is 10.1. The Kier molecular flexibility index (Phi) is 6.87. The molecule has 0 aliphatic carbocycles. The Morgan fingerprint density at radius 1 is 0.909 bits per heavy atom. The summed E-state index contributed by atoms with van der Waals surface area (Å²) in [7, 11) is 0. The van der Waals surface area contributed by atoms with Crippen LogP contribution in [-0.4, -0.2) is 24.9 Å². The second-order valence-corrected chi connectivity index (χ2v) is 7.79. The summed E-state index contributed by atoms with van der Waals surface area (Å²) in [5.74, 6) is -0.0569. The quantitative estimate of drug-likeness (QED) is 0.294. The minimum atomic E-state index is -0.472. The summed E-state index contributed by atoms with van der Waals surface area (Å²) in [6, 6.07) is 18.6. The second kappa shape index (κ2) is 9.98. The van der Waals surface area contributed by atoms with Gasteiger partial charge in [0.15, 0.2) is 12.4 Å². The molecule has 0 aliphatic rings. The van der Waals surface area contributed by atoms with Crippen LogP contribution in [0.5, 0.6) is 11.5 Å². The summed E-state index contributed by atoms with van der Waals surface area (Å²) in [5, 5.41) is 4.02. The van der Waals surface area contributed by atoms with Crippen LogP contribution in [0, 0.1) is 0 Å². The number of hydrogen-bond acceptors (Lipinski definition) is 5. The highest BCUT2D eigenvalue weighted by atomic mass is 35.5. The number of fused-ring (bicyclic) bond motifs is 1. The van der Waals surface area contributed by atoms with Crippen LogP contribution in [0.4, 0.5) is 5.69 Å². The number of rotatable bonds is 8. The number of benzene rings is 3. The van der Waals surface area contributed by atoms with Gasteiger partial charge in [-0.3, -0.25) is 9.59 Å². The number of ether oxygens (including phenoxy) is 2. The van der Waals surface area contributed by atoms with Crippen LogP contribution in [0.25, 0.3) is 11.0 Å². The molecule has 0 bridgehead atoms. The first kappa shape index (κ1) is 22.7. The van der Waals surface area contributed by atoms with Gasteiger partial charge in [0.05, 0.1) is 22.3 Å². The van der Waals surface area contributed by atoms with Gasteiger partial charge in [0.2, 0.25) is 5.78 Å². The fourth-order valence-electron chi connectivity index (χ4n) is 3.26. The van der Waals surface area contributed by atoms with E-state index in [9.17, 15) is 9.59 Å². The third-order valence-electron chi connectivity index (χ3n) is 4.76. The number of carbonyl (C=O) groups excluding carboxylic acids is 2. The standard InChI is InChI=1S/C25H19Cl2NO5/c1-2-31-21-12-11-15(13-18(21)27)24(30)25-23(16-7-3-5-9-19(16)33-25)28-22(29)14-32-20-10-6-4-8-17(20)26/h3-13H,2,14H2,1H3,(H,28,29). The van der Waals surface area contributed by atoms with E-state index >= 15 is 0 Å². The van der Waals surface area contributed by atoms with E-state index in [1.54, 1.807) is 60.7 Å². The van der Waals surface area contributed by atoms with E-state index in [2.05, 4.69) is 5.32 Å². The van der Waals surface area contributed by atoms with Gasteiger partial charge in [0, 0.05) is 10.9 Å². The van der Waals surface area contributed by atoms with Crippen molar-refractivity contribution in [2.75, 3.05) is 18.5 Å². The lowest BCUT2D eigenvalue weighted by Crippen LogP contribution is -2.21. The molecule has 0 fully saturated rings. The third-order valence-corrected chi connectivity index (χ3v) is 5.36. The molecule has 1 N–H and O–H groups in total. The topological polar surface area (TPSA) is 77.8 Å². The monoisotopic (exact) mass is 483 g/mol. The molecule has 1 aromatic heterocycles. The van der Waals surface area contributed by atoms with E-state index in [1.165, 1.54) is 6.07 Å². The maximum Gasteiger partial charge on any atom is 0.262 e. The highest BCUT2D eigenvalue weighted by molar-refractivity contribution is 6.33. The molecule has 0 saturated heterocycles. The number of nitrogens with one attached hydrogen (secondary N) is 1. The van der Waals surface area contributed by atoms with E-state index in [0.29, 0.717) is 44.7 Å². The largest absolute Gasteiger partial charge is 0.492 e. The maximum atomic E-state index is 13.3. The van der Waals surface area contributed by atoms with Crippen molar-refractivity contribution in [3.8, 4) is 11.5 Å². The predicted octanol–water partition coefficient (Wildman–Crippen LogP) is 6.39. The number of para-hydroxylation sites is 2. The molecule has 0 unspecified atom stereocenters. The van der Waals surface area contributed by atoms with Crippen LogP contribution in [0.1, 0.15) is 23.0 Å². The van der Waals surface area contributed by atoms with Gasteiger partial charge < -0.3 is 19.2 Å². The molecular formula is C25H19Cl2NO5. The molecule has 4 rings (SSSR count). The van der Waals surface area contributed by atoms with Gasteiger partial charge in [-0.1, -0.05) is 47.5 Å². The van der Waals surface area contributed by atoms with E-state index < -0.39 is 11.7 Å². The minimum absolute atomic E-state index is 0.0116. The Hall–Kier alpha value is -3.48. The average molecular weight is 484 g/mol. The van der Waals surface area contributed by atoms with Crippen molar-refractivity contribution >= 4 is 51.5 Å². The highest BCUT2D eigenvalue weighted by Gasteiger charge is 2.24. The summed E-state index contributed by atoms with van der Waals surface area (Å²) in [4.78, 5) is 25.9. The number of amides is 1. The first-order valence-corrected chi connectivity index (χ1v) is 10.9. The molecule has 4 aromatic rings. The second-order valence-electron chi connectivity index (χ2n) is 6.98. The normalized spacial score (nSPS) is 10.8. The lowest BCUT2D eigenvalue weighted by Gasteiger charge is -2.10. The molecule has 0 saturated carbocycles. The van der Waals surface area contributed by atoms with Crippen molar-refractivity contribution in [2.45, 2.75) is 6.92 Å². The number of ketones is 1. The van der Waals surface area contributed by atoms with Crippen molar-refractivity contribution in [3.05, 3.63) is 88.1 Å². The molecule has 33 heavy (non-hydrogen) atoms. The van der Waals surface area contributed by atoms with Crippen molar-refractivity contribution in [2.24, 2.45) is 0 Å². The predicted molar refractivity (Wildman–Crippen MR) is 128 cm³/mol. The highest BCUT2D eigenvalue weighted by Crippen LogP contribution is 2.34. The van der Waals surface area contributed by atoms with Crippen LogP contribution in [0.3, 0.4) is 0 Å². The molecule has 0 atom stereocenters. The summed E-state index contributed by atoms with van der Waals surface area (Å²) in [6.45, 7) is 1.99. The van der Waals surface area contributed by atoms with Crippen molar-refractivity contribution in [3.63, 3.8) is 0 Å². The Morgan fingerprint density at radius 3 is 2.39 bits per heavy atom. The fourth-order valence-corrected chi connectivity index (χ4v) is 3.68. The average Bonchev–Trinajstić information content (AvgIpc) is 3.18. The number of hydrogen-bond donors (Lipinski definition) is 1. The van der Waals surface area contributed by atoms with Gasteiger partial charge >= 0.3 is 0 Å². The molecule has 0 radical (unpaired) electrons. The Bertz CT molecular complexity index is 1330. The van der Waals surface area contributed by atoms with E-state index in [1.807, 2.05) is 6.92 Å². The molecule has 1 heterocycles. The number of carbonyl (C=O) groups is 2. The van der Waals surface area contributed by atoms with Crippen LogP contribution in [0.15, 0.2) is 71.1 Å². The first-order chi connectivity index (χ1) is 16.0. The Balaban J connectivity index is 1.62. The van der Waals surface area contributed by atoms with Crippen molar-refractivity contribution in [1.29, 1.82) is 0 Å². The summed E-state index contributed by atoms with van der Waals surface area (Å²) >= 11 is 12.3. The molecule has 168 valence electrons. The molecule has 0 spiro atoms. The third kappa shape index (κ3) is 4.97. The van der Waals surface area contributed by atoms with Crippen molar-refractivity contribution in [1.82, 2.24) is 0 Å². The van der Waals surface area contributed by atoms with E-state index in [0.717, 1.165) is 0 Å². The summed E-state index contributed by atoms with van der Waals surface area (Å²) < 4.78 is 16.7. The minimum Gasteiger partial charge on any atom is -0.492 e. The lowest BCUT2D eigenvalue weighted by molar-refractivity contribution is -0.118. The van der Waals surface area contributed by atoms with Gasteiger partial charge in [-0.15, -0.1) is 0 Å². The number of anilines is 1. The molecule has 8 heteroatoms. The maximum absolute atomic E-state index is 13.3. The van der Waals surface area contributed by atoms with Crippen LogP contribution in [0.2, 0.25) is 10.0 Å². The van der Waals surface area contributed by atoms with Crippen LogP contribution < -0.4 is 14.8 Å². The van der Waals surface area contributed by atoms with E-state index in [-0.39, 0.29) is 18.1 Å². The zero-order valence-electron chi connectivity index (χ0n) is 17.6. The van der Waals surface area contributed by atoms with E-state index in [4.69, 9.17) is 37.1 Å². The smallest absolute Gasteiger partial charge is 0.262 e. The SMILES string of the molecule is CCOc1ccc(C(=O)c2oc3ccccc3c2NC(=O)COc2ccccc2Cl)cc1Cl. The van der Waals surface area contributed by atoms with Gasteiger partial charge in [-0.2, -0.15) is 0 Å². The summed E-state index contributed by atoms with van der Waals surface area (Å²) in [5.41, 5.74) is 1.01. The zero-order valence-corrected chi connectivity index (χ0v) is 19.1. The zero-order chi connectivity index (χ0) is 23.4. The van der Waals surface area contributed by atoms with Gasteiger partial charge in [-0.05, 0) is 49.4 Å². The van der Waals surface area contributed by atoms with Crippen LogP contribution >= 0.6 is 23.2 Å². The summed E-state index contributed by atoms with van der Waals surface area (Å²) in [6.07, 6.45) is 0. The fraction of sp³-hybridized carbons (Fsp3) is 0.120. The molecule has 6 nitrogen and oxygen atoms in total. The number of furan rings is 1. The Morgan fingerprint density at radius 2 is 1.64 bits per heavy atom. The van der Waals surface area contributed by atoms with Gasteiger partial charge in [-0.25, -0.2) is 0 Å². The number of halogens is 2. The van der Waals surface area contributed by atoms with Crippen LogP contribution in [-0.2, 0) is 4.79 Å². The lowest BCUT2D eigenvalue weighted by atomic mass is 10.1. The van der Waals surface area contributed by atoms with Gasteiger partial charge in [0.1, 0.15) is 17.1 Å². The Labute approximate surface area is 200 Å².